The van der Waals surface area contributed by atoms with Crippen LogP contribution >= 0.6 is 23.4 Å². The second kappa shape index (κ2) is 9.12. The number of amides is 2. The maximum atomic E-state index is 12.2. The number of benzene rings is 2. The summed E-state index contributed by atoms with van der Waals surface area (Å²) in [7, 11) is 0. The smallest absolute Gasteiger partial charge is 0.308 e. The molecule has 0 radical (unpaired) electrons. The van der Waals surface area contributed by atoms with Crippen LogP contribution in [-0.2, 0) is 19.1 Å². The molecule has 0 aromatic heterocycles. The van der Waals surface area contributed by atoms with Gasteiger partial charge in [-0.05, 0) is 42.8 Å². The number of fused-ring (bicyclic) bond motifs is 1. The lowest BCUT2D eigenvalue weighted by molar-refractivity contribution is -0.147. The molecule has 0 atom stereocenters. The molecule has 0 spiro atoms. The molecule has 2 aromatic rings. The average molecular weight is 419 g/mol. The van der Waals surface area contributed by atoms with E-state index in [2.05, 4.69) is 5.32 Å². The zero-order valence-corrected chi connectivity index (χ0v) is 16.8. The Balaban J connectivity index is 1.48. The predicted molar refractivity (Wildman–Crippen MR) is 110 cm³/mol. The number of ether oxygens (including phenoxy) is 1. The molecule has 0 saturated carbocycles. The van der Waals surface area contributed by atoms with E-state index >= 15 is 0 Å². The Hall–Kier alpha value is -2.51. The molecule has 0 fully saturated rings. The van der Waals surface area contributed by atoms with E-state index in [4.69, 9.17) is 16.3 Å². The van der Waals surface area contributed by atoms with Crippen molar-refractivity contribution in [2.45, 2.75) is 18.2 Å². The first kappa shape index (κ1) is 20.2. The third-order valence-corrected chi connectivity index (χ3v) is 5.46. The summed E-state index contributed by atoms with van der Waals surface area (Å²) in [5.41, 5.74) is 2.22. The minimum Gasteiger partial charge on any atom is -0.456 e. The molecule has 2 aromatic carbocycles. The largest absolute Gasteiger partial charge is 0.456 e. The summed E-state index contributed by atoms with van der Waals surface area (Å²) in [6.07, 6.45) is 0.0119. The number of halogens is 1. The third kappa shape index (κ3) is 5.05. The van der Waals surface area contributed by atoms with Crippen LogP contribution in [0.15, 0.2) is 47.4 Å². The third-order valence-electron chi connectivity index (χ3n) is 4.17. The highest BCUT2D eigenvalue weighted by molar-refractivity contribution is 8.00. The van der Waals surface area contributed by atoms with Gasteiger partial charge in [-0.25, -0.2) is 0 Å². The molecule has 6 nitrogen and oxygen atoms in total. The van der Waals surface area contributed by atoms with Crippen molar-refractivity contribution in [3.63, 3.8) is 0 Å². The fraction of sp³-hybridized carbons (Fsp3) is 0.250. The van der Waals surface area contributed by atoms with Gasteiger partial charge in [-0.1, -0.05) is 23.7 Å². The number of rotatable bonds is 6. The highest BCUT2D eigenvalue weighted by Crippen LogP contribution is 2.34. The molecule has 146 valence electrons. The lowest BCUT2D eigenvalue weighted by Gasteiger charge is -2.28. The van der Waals surface area contributed by atoms with E-state index in [1.165, 1.54) is 11.8 Å². The molecule has 1 aliphatic rings. The summed E-state index contributed by atoms with van der Waals surface area (Å²) in [4.78, 5) is 38.8. The normalized spacial score (nSPS) is 13.1. The number of nitrogens with zero attached hydrogens (tertiary/aromatic N) is 1. The quantitative estimate of drug-likeness (QED) is 0.724. The molecule has 1 N–H and O–H groups in total. The maximum absolute atomic E-state index is 12.2. The Morgan fingerprint density at radius 2 is 2.04 bits per heavy atom. The van der Waals surface area contributed by atoms with Gasteiger partial charge < -0.3 is 15.0 Å². The van der Waals surface area contributed by atoms with E-state index in [0.29, 0.717) is 16.5 Å². The lowest BCUT2D eigenvalue weighted by Crippen LogP contribution is -2.37. The average Bonchev–Trinajstić information content (AvgIpc) is 2.68. The van der Waals surface area contributed by atoms with E-state index in [1.807, 2.05) is 31.2 Å². The Kier molecular flexibility index (Phi) is 6.59. The number of hydrogen-bond acceptors (Lipinski definition) is 5. The molecule has 3 rings (SSSR count). The van der Waals surface area contributed by atoms with Crippen LogP contribution < -0.4 is 10.2 Å². The van der Waals surface area contributed by atoms with Crippen LogP contribution in [0.25, 0.3) is 0 Å². The van der Waals surface area contributed by atoms with Crippen LogP contribution in [0.4, 0.5) is 11.4 Å². The van der Waals surface area contributed by atoms with Crippen molar-refractivity contribution < 1.29 is 19.1 Å². The number of hydrogen-bond donors (Lipinski definition) is 1. The molecule has 1 aliphatic heterocycles. The zero-order valence-electron chi connectivity index (χ0n) is 15.2. The number of thioether (sulfide) groups is 1. The molecule has 0 unspecified atom stereocenters. The SMILES string of the molecule is Cc1cc(Cl)ccc1NC(=O)COC(=O)CCN1C(=O)CSc2ccccc21. The van der Waals surface area contributed by atoms with Gasteiger partial charge in [0, 0.05) is 22.2 Å². The topological polar surface area (TPSA) is 75.7 Å². The van der Waals surface area contributed by atoms with Crippen molar-refractivity contribution in [3.8, 4) is 0 Å². The van der Waals surface area contributed by atoms with E-state index in [-0.39, 0.29) is 25.5 Å². The standard InChI is InChI=1S/C20H19ClN2O4S/c1-13-10-14(21)6-7-15(13)22-18(24)11-27-20(26)8-9-23-16-4-2-3-5-17(16)28-12-19(23)25/h2-7,10H,8-9,11-12H2,1H3,(H,22,24). The van der Waals surface area contributed by atoms with Crippen molar-refractivity contribution in [2.24, 2.45) is 0 Å². The number of carbonyl (C=O) groups excluding carboxylic acids is 3. The minimum atomic E-state index is -0.536. The van der Waals surface area contributed by atoms with Crippen molar-refractivity contribution in [3.05, 3.63) is 53.1 Å². The molecular weight excluding hydrogens is 400 g/mol. The van der Waals surface area contributed by atoms with Gasteiger partial charge in [0.1, 0.15) is 0 Å². The Morgan fingerprint density at radius 3 is 2.82 bits per heavy atom. The predicted octanol–water partition coefficient (Wildman–Crippen LogP) is 3.66. The van der Waals surface area contributed by atoms with Crippen LogP contribution in [0, 0.1) is 6.92 Å². The van der Waals surface area contributed by atoms with Crippen molar-refractivity contribution in [1.29, 1.82) is 0 Å². The lowest BCUT2D eigenvalue weighted by atomic mass is 10.2. The first-order chi connectivity index (χ1) is 13.4. The van der Waals surface area contributed by atoms with E-state index in [9.17, 15) is 14.4 Å². The molecular formula is C20H19ClN2O4S. The Morgan fingerprint density at radius 1 is 1.25 bits per heavy atom. The number of carbonyl (C=O) groups is 3. The summed E-state index contributed by atoms with van der Waals surface area (Å²) in [6.45, 7) is 1.65. The second-order valence-corrected chi connectivity index (χ2v) is 7.67. The molecule has 8 heteroatoms. The van der Waals surface area contributed by atoms with Gasteiger partial charge in [0.25, 0.3) is 5.91 Å². The highest BCUT2D eigenvalue weighted by atomic mass is 35.5. The van der Waals surface area contributed by atoms with Crippen LogP contribution in [0.2, 0.25) is 5.02 Å². The molecule has 0 saturated heterocycles. The molecule has 28 heavy (non-hydrogen) atoms. The zero-order chi connectivity index (χ0) is 20.1. The van der Waals surface area contributed by atoms with Gasteiger partial charge >= 0.3 is 5.97 Å². The highest BCUT2D eigenvalue weighted by Gasteiger charge is 2.25. The Labute approximate surface area is 172 Å². The Bertz CT molecular complexity index is 919. The fourth-order valence-corrected chi connectivity index (χ4v) is 3.94. The van der Waals surface area contributed by atoms with E-state index in [0.717, 1.165) is 16.1 Å². The van der Waals surface area contributed by atoms with Gasteiger partial charge in [0.15, 0.2) is 6.61 Å². The van der Waals surface area contributed by atoms with Crippen molar-refractivity contribution in [2.75, 3.05) is 29.1 Å². The summed E-state index contributed by atoms with van der Waals surface area (Å²) >= 11 is 7.37. The van der Waals surface area contributed by atoms with Crippen LogP contribution in [0.5, 0.6) is 0 Å². The number of nitrogens with one attached hydrogen (secondary N) is 1. The van der Waals surface area contributed by atoms with Gasteiger partial charge in [-0.3, -0.25) is 14.4 Å². The molecule has 0 aliphatic carbocycles. The van der Waals surface area contributed by atoms with Crippen molar-refractivity contribution in [1.82, 2.24) is 0 Å². The molecule has 0 bridgehead atoms. The van der Waals surface area contributed by atoms with Gasteiger partial charge in [0.2, 0.25) is 5.91 Å². The second-order valence-electron chi connectivity index (χ2n) is 6.22. The first-order valence-electron chi connectivity index (χ1n) is 8.68. The minimum absolute atomic E-state index is 0.0119. The number of aryl methyl sites for hydroxylation is 1. The van der Waals surface area contributed by atoms with E-state index in [1.54, 1.807) is 23.1 Å². The summed E-state index contributed by atoms with van der Waals surface area (Å²) in [6, 6.07) is 12.7. The number of para-hydroxylation sites is 1. The first-order valence-corrected chi connectivity index (χ1v) is 10.0. The van der Waals surface area contributed by atoms with Crippen LogP contribution in [0.1, 0.15) is 12.0 Å². The van der Waals surface area contributed by atoms with Crippen molar-refractivity contribution >= 4 is 52.5 Å². The summed E-state index contributed by atoms with van der Waals surface area (Å²) < 4.78 is 5.03. The number of esters is 1. The summed E-state index contributed by atoms with van der Waals surface area (Å²) in [5.74, 6) is -0.678. The van der Waals surface area contributed by atoms with Gasteiger partial charge in [0.05, 0.1) is 17.9 Å². The maximum Gasteiger partial charge on any atom is 0.308 e. The van der Waals surface area contributed by atoms with Gasteiger partial charge in [-0.2, -0.15) is 0 Å². The van der Waals surface area contributed by atoms with Crippen LogP contribution in [0.3, 0.4) is 0 Å². The van der Waals surface area contributed by atoms with E-state index < -0.39 is 11.9 Å². The summed E-state index contributed by atoms with van der Waals surface area (Å²) in [5, 5.41) is 3.25. The molecule has 2 amide bonds. The monoisotopic (exact) mass is 418 g/mol. The van der Waals surface area contributed by atoms with Gasteiger partial charge in [-0.15, -0.1) is 11.8 Å². The van der Waals surface area contributed by atoms with Crippen LogP contribution in [-0.4, -0.2) is 36.7 Å². The number of anilines is 2. The fourth-order valence-electron chi connectivity index (χ4n) is 2.77. The molecule has 1 heterocycles.